The van der Waals surface area contributed by atoms with Crippen molar-refractivity contribution >= 4 is 11.9 Å². The molecule has 306 valence electrons. The van der Waals surface area contributed by atoms with Crippen molar-refractivity contribution in [2.24, 2.45) is 0 Å². The quantitative estimate of drug-likeness (QED) is 0.0385. The molecule has 0 fully saturated rings. The number of allylic oxidation sites excluding steroid dienone is 10. The van der Waals surface area contributed by atoms with Crippen LogP contribution >= 0.6 is 0 Å². The van der Waals surface area contributed by atoms with Crippen LogP contribution < -0.4 is 0 Å². The van der Waals surface area contributed by atoms with Crippen LogP contribution in [0.1, 0.15) is 213 Å². The van der Waals surface area contributed by atoms with E-state index in [2.05, 4.69) is 74.6 Å². The average Bonchev–Trinajstić information content (AvgIpc) is 3.16. The van der Waals surface area contributed by atoms with E-state index >= 15 is 0 Å². The maximum Gasteiger partial charge on any atom is 0.306 e. The second-order valence-corrected chi connectivity index (χ2v) is 14.8. The average molecular weight is 741 g/mol. The minimum Gasteiger partial charge on any atom is -0.462 e. The van der Waals surface area contributed by atoms with Gasteiger partial charge in [-0.25, -0.2) is 0 Å². The Balaban J connectivity index is 3.58. The third-order valence-electron chi connectivity index (χ3n) is 9.53. The molecular formula is C48H84O5. The number of unbranched alkanes of at least 4 members (excludes halogenated alkanes) is 22. The lowest BCUT2D eigenvalue weighted by atomic mass is 10.1. The molecule has 1 atom stereocenters. The minimum absolute atomic E-state index is 0.0779. The lowest BCUT2D eigenvalue weighted by Gasteiger charge is -2.15. The van der Waals surface area contributed by atoms with Crippen LogP contribution in [0.5, 0.6) is 0 Å². The van der Waals surface area contributed by atoms with Gasteiger partial charge < -0.3 is 14.6 Å². The Labute approximate surface area is 328 Å². The Hall–Kier alpha value is -2.40. The van der Waals surface area contributed by atoms with Crippen LogP contribution in [0.2, 0.25) is 0 Å². The van der Waals surface area contributed by atoms with E-state index in [1.807, 2.05) is 0 Å². The van der Waals surface area contributed by atoms with Gasteiger partial charge in [0.25, 0.3) is 0 Å². The first-order valence-corrected chi connectivity index (χ1v) is 22.3. The molecule has 0 bridgehead atoms. The molecule has 0 aliphatic carbocycles. The van der Waals surface area contributed by atoms with E-state index in [1.165, 1.54) is 122 Å². The standard InChI is InChI=1S/C48H84O5/c1-3-5-7-9-11-13-15-17-19-21-22-23-24-25-26-27-29-31-33-35-37-39-41-43-48(51)53-46(44-49)45-52-47(50)42-40-38-36-34-32-30-28-20-18-16-14-12-10-8-6-4-2/h14-17,20-22,24-25,28,46,49H,3-13,18-19,23,26-27,29-45H2,1-2H3/b16-14-,17-15-,22-21-,25-24-,28-20-. The summed E-state index contributed by atoms with van der Waals surface area (Å²) in [5.41, 5.74) is 0. The summed E-state index contributed by atoms with van der Waals surface area (Å²) in [4.78, 5) is 24.3. The van der Waals surface area contributed by atoms with Crippen LogP contribution in [0.4, 0.5) is 0 Å². The van der Waals surface area contributed by atoms with Crippen LogP contribution in [-0.2, 0) is 19.1 Å². The van der Waals surface area contributed by atoms with Crippen LogP contribution in [0.3, 0.4) is 0 Å². The highest BCUT2D eigenvalue weighted by atomic mass is 16.6. The number of ether oxygens (including phenoxy) is 2. The molecule has 0 spiro atoms. The summed E-state index contributed by atoms with van der Waals surface area (Å²) in [7, 11) is 0. The molecule has 1 unspecified atom stereocenters. The number of carbonyl (C=O) groups is 2. The number of carbonyl (C=O) groups excluding carboxylic acids is 2. The third-order valence-corrected chi connectivity index (χ3v) is 9.53. The first kappa shape index (κ1) is 50.6. The normalized spacial score (nSPS) is 12.7. The molecule has 0 aliphatic rings. The first-order valence-electron chi connectivity index (χ1n) is 22.3. The molecule has 53 heavy (non-hydrogen) atoms. The predicted octanol–water partition coefficient (Wildman–Crippen LogP) is 14.3. The molecule has 0 saturated heterocycles. The van der Waals surface area contributed by atoms with Gasteiger partial charge in [-0.2, -0.15) is 0 Å². The first-order chi connectivity index (χ1) is 26.1. The third kappa shape index (κ3) is 42.2. The Morgan fingerprint density at radius 2 is 0.755 bits per heavy atom. The number of rotatable bonds is 40. The van der Waals surface area contributed by atoms with Crippen LogP contribution in [0, 0.1) is 0 Å². The highest BCUT2D eigenvalue weighted by Gasteiger charge is 2.16. The molecule has 0 aromatic carbocycles. The molecule has 0 radical (unpaired) electrons. The summed E-state index contributed by atoms with van der Waals surface area (Å²) < 4.78 is 10.6. The van der Waals surface area contributed by atoms with Crippen molar-refractivity contribution in [3.8, 4) is 0 Å². The smallest absolute Gasteiger partial charge is 0.306 e. The van der Waals surface area contributed by atoms with E-state index in [1.54, 1.807) is 0 Å². The van der Waals surface area contributed by atoms with Gasteiger partial charge >= 0.3 is 11.9 Å². The summed E-state index contributed by atoms with van der Waals surface area (Å²) in [6, 6.07) is 0. The molecule has 5 nitrogen and oxygen atoms in total. The van der Waals surface area contributed by atoms with Crippen molar-refractivity contribution in [1.29, 1.82) is 0 Å². The molecule has 0 rings (SSSR count). The molecule has 0 aromatic heterocycles. The van der Waals surface area contributed by atoms with E-state index in [0.717, 1.165) is 64.2 Å². The van der Waals surface area contributed by atoms with Crippen molar-refractivity contribution in [3.05, 3.63) is 60.8 Å². The Morgan fingerprint density at radius 3 is 1.15 bits per heavy atom. The molecule has 0 aliphatic heterocycles. The van der Waals surface area contributed by atoms with Crippen molar-refractivity contribution in [1.82, 2.24) is 0 Å². The second kappa shape index (κ2) is 44.0. The van der Waals surface area contributed by atoms with Crippen LogP contribution in [0.25, 0.3) is 0 Å². The topological polar surface area (TPSA) is 72.8 Å². The maximum atomic E-state index is 12.2. The number of aliphatic hydroxyl groups is 1. The fourth-order valence-electron chi connectivity index (χ4n) is 6.12. The van der Waals surface area contributed by atoms with Gasteiger partial charge in [0, 0.05) is 12.8 Å². The maximum absolute atomic E-state index is 12.2. The minimum atomic E-state index is -0.783. The van der Waals surface area contributed by atoms with Gasteiger partial charge in [0.15, 0.2) is 6.10 Å². The lowest BCUT2D eigenvalue weighted by molar-refractivity contribution is -0.161. The van der Waals surface area contributed by atoms with Crippen LogP contribution in [-0.4, -0.2) is 36.4 Å². The van der Waals surface area contributed by atoms with Gasteiger partial charge in [-0.3, -0.25) is 9.59 Å². The van der Waals surface area contributed by atoms with Gasteiger partial charge in [0.1, 0.15) is 6.61 Å². The highest BCUT2D eigenvalue weighted by Crippen LogP contribution is 2.13. The van der Waals surface area contributed by atoms with E-state index in [4.69, 9.17) is 9.47 Å². The molecule has 5 heteroatoms. The fourth-order valence-corrected chi connectivity index (χ4v) is 6.12. The van der Waals surface area contributed by atoms with Crippen LogP contribution in [0.15, 0.2) is 60.8 Å². The Bertz CT molecular complexity index is 930. The highest BCUT2D eigenvalue weighted by molar-refractivity contribution is 5.70. The summed E-state index contributed by atoms with van der Waals surface area (Å²) in [6.07, 6.45) is 57.1. The number of esters is 2. The predicted molar refractivity (Wildman–Crippen MR) is 228 cm³/mol. The van der Waals surface area contributed by atoms with Gasteiger partial charge in [0.2, 0.25) is 0 Å². The zero-order valence-corrected chi connectivity index (χ0v) is 34.8. The number of aliphatic hydroxyl groups excluding tert-OH is 1. The summed E-state index contributed by atoms with van der Waals surface area (Å²) in [6.45, 7) is 4.09. The van der Waals surface area contributed by atoms with Gasteiger partial charge in [-0.05, 0) is 83.5 Å². The SMILES string of the molecule is CCCCCC/C=C\C/C=C\CCCCCCCC(=O)OCC(CO)OC(=O)CCCCCCCCCC/C=C\C/C=C\C/C=C\CCCCCCC. The second-order valence-electron chi connectivity index (χ2n) is 14.8. The van der Waals surface area contributed by atoms with E-state index in [9.17, 15) is 14.7 Å². The van der Waals surface area contributed by atoms with Gasteiger partial charge in [0.05, 0.1) is 6.61 Å². The molecule has 0 amide bonds. The van der Waals surface area contributed by atoms with E-state index in [0.29, 0.717) is 12.8 Å². The monoisotopic (exact) mass is 741 g/mol. The summed E-state index contributed by atoms with van der Waals surface area (Å²) in [5, 5.41) is 9.58. The fraction of sp³-hybridized carbons (Fsp3) is 0.750. The van der Waals surface area contributed by atoms with E-state index in [-0.39, 0.29) is 25.2 Å². The van der Waals surface area contributed by atoms with Crippen molar-refractivity contribution in [2.45, 2.75) is 219 Å². The number of hydrogen-bond donors (Lipinski definition) is 1. The molecule has 0 heterocycles. The van der Waals surface area contributed by atoms with Gasteiger partial charge in [-0.15, -0.1) is 0 Å². The zero-order chi connectivity index (χ0) is 38.6. The molecular weight excluding hydrogens is 657 g/mol. The zero-order valence-electron chi connectivity index (χ0n) is 34.8. The molecule has 0 saturated carbocycles. The summed E-state index contributed by atoms with van der Waals surface area (Å²) in [5.74, 6) is -0.615. The van der Waals surface area contributed by atoms with Crippen molar-refractivity contribution < 1.29 is 24.2 Å². The largest absolute Gasteiger partial charge is 0.462 e. The summed E-state index contributed by atoms with van der Waals surface area (Å²) >= 11 is 0. The molecule has 1 N–H and O–H groups in total. The lowest BCUT2D eigenvalue weighted by Crippen LogP contribution is -2.28. The van der Waals surface area contributed by atoms with Gasteiger partial charge in [-0.1, -0.05) is 177 Å². The van der Waals surface area contributed by atoms with Crippen molar-refractivity contribution in [2.75, 3.05) is 13.2 Å². The number of hydrogen-bond acceptors (Lipinski definition) is 5. The molecule has 0 aromatic rings. The Morgan fingerprint density at radius 1 is 0.434 bits per heavy atom. The Kier molecular flexibility index (Phi) is 42.0. The van der Waals surface area contributed by atoms with E-state index < -0.39 is 6.10 Å². The van der Waals surface area contributed by atoms with Crippen molar-refractivity contribution in [3.63, 3.8) is 0 Å².